The van der Waals surface area contributed by atoms with E-state index in [1.54, 1.807) is 30.3 Å². The molecule has 1 N–H and O–H groups in total. The SMILES string of the molecule is CCCNC(=O)[C@H](Cc1ccccc1)N(Cc1c(Cl)cccc1Cl)C(=O)CN(c1cc(C)cc(C)c1)S(=O)(=O)c1ccc(OC)c(OC)c1. The number of hydrogen-bond acceptors (Lipinski definition) is 6. The fraction of sp³-hybridized carbons (Fsp3) is 0.297. The minimum atomic E-state index is -4.38. The number of methoxy groups -OCH3 is 2. The zero-order chi connectivity index (χ0) is 35.7. The van der Waals surface area contributed by atoms with Crippen LogP contribution in [0.2, 0.25) is 10.0 Å². The number of carbonyl (C=O) groups excluding carboxylic acids is 2. The Morgan fingerprint density at radius 1 is 0.837 bits per heavy atom. The van der Waals surface area contributed by atoms with Crippen LogP contribution in [0.5, 0.6) is 11.5 Å². The highest BCUT2D eigenvalue weighted by atomic mass is 35.5. The number of nitrogens with zero attached hydrogens (tertiary/aromatic N) is 2. The molecule has 0 aliphatic rings. The third kappa shape index (κ3) is 9.26. The fourth-order valence-corrected chi connectivity index (χ4v) is 7.43. The van der Waals surface area contributed by atoms with Crippen molar-refractivity contribution in [3.05, 3.63) is 117 Å². The van der Waals surface area contributed by atoms with Crippen molar-refractivity contribution in [2.24, 2.45) is 0 Å². The van der Waals surface area contributed by atoms with Gasteiger partial charge in [0, 0.05) is 41.2 Å². The van der Waals surface area contributed by atoms with E-state index >= 15 is 0 Å². The molecule has 0 fully saturated rings. The number of aryl methyl sites for hydroxylation is 2. The summed E-state index contributed by atoms with van der Waals surface area (Å²) in [5.74, 6) is -0.462. The van der Waals surface area contributed by atoms with Crippen molar-refractivity contribution in [1.29, 1.82) is 0 Å². The van der Waals surface area contributed by atoms with E-state index in [9.17, 15) is 18.0 Å². The van der Waals surface area contributed by atoms with Gasteiger partial charge in [-0.25, -0.2) is 8.42 Å². The van der Waals surface area contributed by atoms with Crippen LogP contribution in [-0.4, -0.2) is 58.5 Å². The minimum absolute atomic E-state index is 0.112. The smallest absolute Gasteiger partial charge is 0.264 e. The normalized spacial score (nSPS) is 11.8. The number of amides is 2. The number of anilines is 1. The van der Waals surface area contributed by atoms with Crippen molar-refractivity contribution in [2.75, 3.05) is 31.6 Å². The Hall–Kier alpha value is -4.25. The van der Waals surface area contributed by atoms with Crippen molar-refractivity contribution >= 4 is 50.7 Å². The van der Waals surface area contributed by atoms with E-state index in [0.717, 1.165) is 21.0 Å². The van der Waals surface area contributed by atoms with E-state index in [4.69, 9.17) is 32.7 Å². The minimum Gasteiger partial charge on any atom is -0.493 e. The molecule has 4 aromatic rings. The Balaban J connectivity index is 1.88. The summed E-state index contributed by atoms with van der Waals surface area (Å²) in [6.07, 6.45) is 0.842. The van der Waals surface area contributed by atoms with Crippen LogP contribution in [0.15, 0.2) is 89.8 Å². The first kappa shape index (κ1) is 37.6. The van der Waals surface area contributed by atoms with Gasteiger partial charge in [0.2, 0.25) is 11.8 Å². The number of ether oxygens (including phenoxy) is 2. The summed E-state index contributed by atoms with van der Waals surface area (Å²) >= 11 is 13.2. The topological polar surface area (TPSA) is 105 Å². The molecule has 2 amide bonds. The quantitative estimate of drug-likeness (QED) is 0.142. The highest BCUT2D eigenvalue weighted by Crippen LogP contribution is 2.33. The summed E-state index contributed by atoms with van der Waals surface area (Å²) in [5, 5.41) is 3.54. The van der Waals surface area contributed by atoms with Gasteiger partial charge in [-0.05, 0) is 73.4 Å². The van der Waals surface area contributed by atoms with Crippen molar-refractivity contribution in [1.82, 2.24) is 10.2 Å². The standard InChI is InChI=1S/C37H41Cl2N3O6S/c1-6-17-40-37(44)33(21-27-11-8-7-9-12-27)41(23-30-31(38)13-10-14-32(30)39)36(43)24-42(28-19-25(2)18-26(3)20-28)49(45,46)29-15-16-34(47-4)35(22-29)48-5/h7-16,18-20,22,33H,6,17,21,23-24H2,1-5H3,(H,40,44)/t33-/m0/s1. The van der Waals surface area contributed by atoms with Crippen LogP contribution in [0, 0.1) is 13.8 Å². The third-order valence-corrected chi connectivity index (χ3v) is 10.4. The molecule has 0 unspecified atom stereocenters. The molecule has 0 heterocycles. The summed E-state index contributed by atoms with van der Waals surface area (Å²) in [7, 11) is -1.52. The lowest BCUT2D eigenvalue weighted by Gasteiger charge is -2.34. The lowest BCUT2D eigenvalue weighted by molar-refractivity contribution is -0.140. The summed E-state index contributed by atoms with van der Waals surface area (Å²) in [6.45, 7) is 5.24. The van der Waals surface area contributed by atoms with E-state index in [0.29, 0.717) is 34.3 Å². The monoisotopic (exact) mass is 725 g/mol. The van der Waals surface area contributed by atoms with E-state index in [1.807, 2.05) is 57.2 Å². The van der Waals surface area contributed by atoms with Gasteiger partial charge in [0.05, 0.1) is 24.8 Å². The first-order valence-electron chi connectivity index (χ1n) is 15.8. The average Bonchev–Trinajstić information content (AvgIpc) is 3.08. The van der Waals surface area contributed by atoms with Gasteiger partial charge >= 0.3 is 0 Å². The van der Waals surface area contributed by atoms with Gasteiger partial charge in [-0.2, -0.15) is 0 Å². The second-order valence-electron chi connectivity index (χ2n) is 11.6. The largest absolute Gasteiger partial charge is 0.493 e. The second kappa shape index (κ2) is 16.9. The van der Waals surface area contributed by atoms with Crippen LogP contribution in [-0.2, 0) is 32.6 Å². The van der Waals surface area contributed by atoms with Crippen molar-refractivity contribution in [2.45, 2.75) is 51.1 Å². The van der Waals surface area contributed by atoms with Gasteiger partial charge in [0.25, 0.3) is 10.0 Å². The first-order valence-corrected chi connectivity index (χ1v) is 18.0. The van der Waals surface area contributed by atoms with Crippen LogP contribution in [0.25, 0.3) is 0 Å². The zero-order valence-electron chi connectivity index (χ0n) is 28.2. The van der Waals surface area contributed by atoms with E-state index in [-0.39, 0.29) is 35.2 Å². The molecule has 0 aromatic heterocycles. The van der Waals surface area contributed by atoms with Gasteiger partial charge in [0.15, 0.2) is 11.5 Å². The molecule has 260 valence electrons. The highest BCUT2D eigenvalue weighted by molar-refractivity contribution is 7.92. The maximum absolute atomic E-state index is 14.7. The number of nitrogens with one attached hydrogen (secondary N) is 1. The van der Waals surface area contributed by atoms with Gasteiger partial charge < -0.3 is 19.7 Å². The Bertz CT molecular complexity index is 1850. The molecule has 0 saturated carbocycles. The van der Waals surface area contributed by atoms with Crippen LogP contribution >= 0.6 is 23.2 Å². The van der Waals surface area contributed by atoms with Crippen molar-refractivity contribution < 1.29 is 27.5 Å². The molecule has 0 saturated heterocycles. The van der Waals surface area contributed by atoms with Gasteiger partial charge in [-0.15, -0.1) is 0 Å². The van der Waals surface area contributed by atoms with Crippen LogP contribution in [0.3, 0.4) is 0 Å². The van der Waals surface area contributed by atoms with E-state index in [1.165, 1.54) is 37.3 Å². The Labute approximate surface area is 298 Å². The van der Waals surface area contributed by atoms with Gasteiger partial charge in [-0.3, -0.25) is 13.9 Å². The number of hydrogen-bond donors (Lipinski definition) is 1. The van der Waals surface area contributed by atoms with Crippen LogP contribution in [0.4, 0.5) is 5.69 Å². The summed E-state index contributed by atoms with van der Waals surface area (Å²) in [6, 6.07) is 22.8. The predicted molar refractivity (Wildman–Crippen MR) is 194 cm³/mol. The fourth-order valence-electron chi connectivity index (χ4n) is 5.50. The molecule has 0 radical (unpaired) electrons. The molecule has 12 heteroatoms. The lowest BCUT2D eigenvalue weighted by Crippen LogP contribution is -2.53. The molecule has 0 aliphatic carbocycles. The molecular formula is C37H41Cl2N3O6S. The summed E-state index contributed by atoms with van der Waals surface area (Å²) < 4.78 is 40.8. The van der Waals surface area contributed by atoms with E-state index in [2.05, 4.69) is 5.32 Å². The molecule has 0 aliphatic heterocycles. The molecule has 49 heavy (non-hydrogen) atoms. The summed E-state index contributed by atoms with van der Waals surface area (Å²) in [5.41, 5.74) is 3.13. The van der Waals surface area contributed by atoms with Crippen LogP contribution in [0.1, 0.15) is 35.6 Å². The van der Waals surface area contributed by atoms with Crippen molar-refractivity contribution in [3.63, 3.8) is 0 Å². The third-order valence-electron chi connectivity index (χ3n) is 7.93. The first-order chi connectivity index (χ1) is 23.4. The number of sulfonamides is 1. The number of halogens is 2. The molecule has 4 rings (SSSR count). The molecule has 1 atom stereocenters. The molecule has 0 bridgehead atoms. The number of benzene rings is 4. The number of rotatable bonds is 15. The average molecular weight is 727 g/mol. The maximum Gasteiger partial charge on any atom is 0.264 e. The zero-order valence-corrected chi connectivity index (χ0v) is 30.5. The van der Waals surface area contributed by atoms with Crippen molar-refractivity contribution in [3.8, 4) is 11.5 Å². The lowest BCUT2D eigenvalue weighted by atomic mass is 10.0. The van der Waals surface area contributed by atoms with E-state index < -0.39 is 28.5 Å². The second-order valence-corrected chi connectivity index (χ2v) is 14.3. The molecule has 9 nitrogen and oxygen atoms in total. The Kier molecular flexibility index (Phi) is 13.0. The molecule has 0 spiro atoms. The molecular weight excluding hydrogens is 685 g/mol. The molecule has 4 aromatic carbocycles. The van der Waals surface area contributed by atoms with Gasteiger partial charge in [0.1, 0.15) is 12.6 Å². The van der Waals surface area contributed by atoms with Crippen LogP contribution < -0.4 is 19.1 Å². The van der Waals surface area contributed by atoms with Gasteiger partial charge in [-0.1, -0.05) is 72.6 Å². The Morgan fingerprint density at radius 3 is 2.06 bits per heavy atom. The Morgan fingerprint density at radius 2 is 1.47 bits per heavy atom. The highest BCUT2D eigenvalue weighted by Gasteiger charge is 2.35. The summed E-state index contributed by atoms with van der Waals surface area (Å²) in [4.78, 5) is 29.9. The predicted octanol–water partition coefficient (Wildman–Crippen LogP) is 6.99. The maximum atomic E-state index is 14.7. The number of carbonyl (C=O) groups is 2.